The van der Waals surface area contributed by atoms with Gasteiger partial charge in [-0.15, -0.1) is 0 Å². The minimum atomic E-state index is -0.382. The van der Waals surface area contributed by atoms with Gasteiger partial charge in [-0.2, -0.15) is 0 Å². The van der Waals surface area contributed by atoms with Crippen LogP contribution in [0.15, 0.2) is 18.2 Å². The molecule has 0 radical (unpaired) electrons. The number of ether oxygens (including phenoxy) is 2. The summed E-state index contributed by atoms with van der Waals surface area (Å²) in [5, 5.41) is 2.91. The summed E-state index contributed by atoms with van der Waals surface area (Å²) in [6, 6.07) is 5.16. The summed E-state index contributed by atoms with van der Waals surface area (Å²) in [6.45, 7) is 4.58. The zero-order valence-electron chi connectivity index (χ0n) is 14.1. The van der Waals surface area contributed by atoms with Gasteiger partial charge in [-0.1, -0.05) is 6.92 Å². The van der Waals surface area contributed by atoms with Crippen molar-refractivity contribution in [3.63, 3.8) is 0 Å². The van der Waals surface area contributed by atoms with E-state index in [0.717, 1.165) is 25.9 Å². The third kappa shape index (κ3) is 3.39. The number of hydrogen-bond acceptors (Lipinski definition) is 4. The number of hydrogen-bond donors (Lipinski definition) is 1. The SMILES string of the molecule is COc1cc(NC(=O)N2CCC[C@@H](C)C2)ccc1N1CCOC1=O. The van der Waals surface area contributed by atoms with Crippen LogP contribution in [0.1, 0.15) is 19.8 Å². The predicted molar refractivity (Wildman–Crippen MR) is 90.7 cm³/mol. The van der Waals surface area contributed by atoms with E-state index in [4.69, 9.17) is 9.47 Å². The van der Waals surface area contributed by atoms with E-state index in [-0.39, 0.29) is 12.1 Å². The minimum Gasteiger partial charge on any atom is -0.494 e. The Kier molecular flexibility index (Phi) is 4.78. The Labute approximate surface area is 141 Å². The van der Waals surface area contributed by atoms with Crippen LogP contribution in [0.25, 0.3) is 0 Å². The van der Waals surface area contributed by atoms with Gasteiger partial charge in [0.2, 0.25) is 0 Å². The summed E-state index contributed by atoms with van der Waals surface area (Å²) in [5.41, 5.74) is 1.29. The molecule has 0 aromatic heterocycles. The molecule has 1 aromatic rings. The highest BCUT2D eigenvalue weighted by Crippen LogP contribution is 2.33. The lowest BCUT2D eigenvalue weighted by Gasteiger charge is -2.31. The first kappa shape index (κ1) is 16.4. The van der Waals surface area contributed by atoms with Gasteiger partial charge in [0.1, 0.15) is 12.4 Å². The minimum absolute atomic E-state index is 0.100. The highest BCUT2D eigenvalue weighted by Gasteiger charge is 2.27. The number of benzene rings is 1. The van der Waals surface area contributed by atoms with Gasteiger partial charge in [0.25, 0.3) is 0 Å². The molecule has 0 aliphatic carbocycles. The topological polar surface area (TPSA) is 71.1 Å². The molecule has 7 heteroatoms. The summed E-state index contributed by atoms with van der Waals surface area (Å²) < 4.78 is 10.3. The third-order valence-electron chi connectivity index (χ3n) is 4.43. The lowest BCUT2D eigenvalue weighted by Crippen LogP contribution is -2.41. The second-order valence-electron chi connectivity index (χ2n) is 6.28. The Balaban J connectivity index is 1.72. The molecule has 0 saturated carbocycles. The Hall–Kier alpha value is -2.44. The van der Waals surface area contributed by atoms with E-state index in [1.54, 1.807) is 18.2 Å². The summed E-state index contributed by atoms with van der Waals surface area (Å²) in [4.78, 5) is 27.5. The van der Waals surface area contributed by atoms with Crippen molar-refractivity contribution in [1.82, 2.24) is 4.90 Å². The van der Waals surface area contributed by atoms with Crippen molar-refractivity contribution in [3.05, 3.63) is 18.2 Å². The van der Waals surface area contributed by atoms with E-state index in [1.807, 2.05) is 4.90 Å². The quantitative estimate of drug-likeness (QED) is 0.923. The van der Waals surface area contributed by atoms with Crippen molar-refractivity contribution in [2.75, 3.05) is 43.6 Å². The zero-order valence-corrected chi connectivity index (χ0v) is 14.1. The van der Waals surface area contributed by atoms with Gasteiger partial charge < -0.3 is 19.7 Å². The van der Waals surface area contributed by atoms with Gasteiger partial charge in [-0.3, -0.25) is 4.90 Å². The number of carbonyl (C=O) groups excluding carboxylic acids is 2. The molecular formula is C17H23N3O4. The van der Waals surface area contributed by atoms with Crippen LogP contribution >= 0.6 is 0 Å². The molecule has 3 rings (SSSR count). The number of amides is 3. The van der Waals surface area contributed by atoms with Crippen molar-refractivity contribution < 1.29 is 19.1 Å². The number of nitrogens with zero attached hydrogens (tertiary/aromatic N) is 2. The number of nitrogens with one attached hydrogen (secondary N) is 1. The normalized spacial score (nSPS) is 20.8. The smallest absolute Gasteiger partial charge is 0.414 e. The first-order valence-corrected chi connectivity index (χ1v) is 8.26. The second kappa shape index (κ2) is 6.98. The molecule has 1 aromatic carbocycles. The molecule has 0 bridgehead atoms. The molecule has 2 aliphatic heterocycles. The molecule has 24 heavy (non-hydrogen) atoms. The van der Waals surface area contributed by atoms with Gasteiger partial charge in [0.15, 0.2) is 0 Å². The van der Waals surface area contributed by atoms with E-state index in [2.05, 4.69) is 12.2 Å². The Bertz CT molecular complexity index is 634. The fourth-order valence-electron chi connectivity index (χ4n) is 3.17. The summed E-state index contributed by atoms with van der Waals surface area (Å²) in [7, 11) is 1.54. The summed E-state index contributed by atoms with van der Waals surface area (Å²) >= 11 is 0. The molecule has 1 N–H and O–H groups in total. The Morgan fingerprint density at radius 1 is 1.38 bits per heavy atom. The molecule has 2 aliphatic rings. The number of methoxy groups -OCH3 is 1. The molecule has 2 heterocycles. The lowest BCUT2D eigenvalue weighted by atomic mass is 10.0. The first-order valence-electron chi connectivity index (χ1n) is 8.26. The number of cyclic esters (lactones) is 1. The highest BCUT2D eigenvalue weighted by molar-refractivity contribution is 5.93. The number of urea groups is 1. The zero-order chi connectivity index (χ0) is 17.1. The molecule has 0 unspecified atom stereocenters. The van der Waals surface area contributed by atoms with Crippen molar-refractivity contribution in [2.24, 2.45) is 5.92 Å². The third-order valence-corrected chi connectivity index (χ3v) is 4.43. The van der Waals surface area contributed by atoms with Crippen molar-refractivity contribution in [2.45, 2.75) is 19.8 Å². The van der Waals surface area contributed by atoms with Crippen LogP contribution in [0, 0.1) is 5.92 Å². The van der Waals surface area contributed by atoms with Gasteiger partial charge in [-0.25, -0.2) is 9.59 Å². The summed E-state index contributed by atoms with van der Waals surface area (Å²) in [6.07, 6.45) is 1.82. The lowest BCUT2D eigenvalue weighted by molar-refractivity contribution is 0.180. The molecule has 2 fully saturated rings. The molecule has 0 spiro atoms. The maximum absolute atomic E-state index is 12.4. The monoisotopic (exact) mass is 333 g/mol. The molecular weight excluding hydrogens is 310 g/mol. The first-order chi connectivity index (χ1) is 11.6. The van der Waals surface area contributed by atoms with Gasteiger partial charge in [-0.05, 0) is 30.9 Å². The van der Waals surface area contributed by atoms with Crippen molar-refractivity contribution in [3.8, 4) is 5.75 Å². The molecule has 2 saturated heterocycles. The Morgan fingerprint density at radius 3 is 2.88 bits per heavy atom. The van der Waals surface area contributed by atoms with Crippen LogP contribution in [-0.2, 0) is 4.74 Å². The maximum Gasteiger partial charge on any atom is 0.414 e. The van der Waals surface area contributed by atoms with Crippen LogP contribution in [0.3, 0.4) is 0 Å². The summed E-state index contributed by atoms with van der Waals surface area (Å²) in [5.74, 6) is 1.06. The molecule has 3 amide bonds. The number of piperidine rings is 1. The van der Waals surface area contributed by atoms with E-state index in [1.165, 1.54) is 12.0 Å². The maximum atomic E-state index is 12.4. The van der Waals surface area contributed by atoms with Crippen LogP contribution in [0.5, 0.6) is 5.75 Å². The number of carbonyl (C=O) groups is 2. The second-order valence-corrected chi connectivity index (χ2v) is 6.28. The van der Waals surface area contributed by atoms with Crippen LogP contribution in [0.4, 0.5) is 21.0 Å². The number of likely N-dealkylation sites (tertiary alicyclic amines) is 1. The fourth-order valence-corrected chi connectivity index (χ4v) is 3.17. The highest BCUT2D eigenvalue weighted by atomic mass is 16.6. The Morgan fingerprint density at radius 2 is 2.21 bits per heavy atom. The molecule has 130 valence electrons. The van der Waals surface area contributed by atoms with Gasteiger partial charge in [0.05, 0.1) is 19.3 Å². The average Bonchev–Trinajstić information content (AvgIpc) is 3.00. The number of anilines is 2. The van der Waals surface area contributed by atoms with Gasteiger partial charge in [0, 0.05) is 24.8 Å². The largest absolute Gasteiger partial charge is 0.494 e. The number of rotatable bonds is 3. The van der Waals surface area contributed by atoms with E-state index < -0.39 is 0 Å². The van der Waals surface area contributed by atoms with E-state index in [9.17, 15) is 9.59 Å². The molecule has 1 atom stereocenters. The van der Waals surface area contributed by atoms with E-state index >= 15 is 0 Å². The van der Waals surface area contributed by atoms with E-state index in [0.29, 0.717) is 36.2 Å². The van der Waals surface area contributed by atoms with Gasteiger partial charge >= 0.3 is 12.1 Å². The van der Waals surface area contributed by atoms with Crippen LogP contribution < -0.4 is 15.0 Å². The fraction of sp³-hybridized carbons (Fsp3) is 0.529. The van der Waals surface area contributed by atoms with Crippen molar-refractivity contribution in [1.29, 1.82) is 0 Å². The average molecular weight is 333 g/mol. The van der Waals surface area contributed by atoms with Crippen LogP contribution in [0.2, 0.25) is 0 Å². The van der Waals surface area contributed by atoms with Crippen molar-refractivity contribution >= 4 is 23.5 Å². The standard InChI is InChI=1S/C17H23N3O4/c1-12-4-3-7-19(11-12)16(21)18-13-5-6-14(15(10-13)23-2)20-8-9-24-17(20)22/h5-6,10,12H,3-4,7-9,11H2,1-2H3,(H,18,21)/t12-/m1/s1. The van der Waals surface area contributed by atoms with Crippen LogP contribution in [-0.4, -0.2) is 50.4 Å². The molecule has 7 nitrogen and oxygen atoms in total. The predicted octanol–water partition coefficient (Wildman–Crippen LogP) is 2.92.